The summed E-state index contributed by atoms with van der Waals surface area (Å²) in [6.07, 6.45) is -0.183. The van der Waals surface area contributed by atoms with Crippen LogP contribution in [0.1, 0.15) is 25.3 Å². The highest BCUT2D eigenvalue weighted by molar-refractivity contribution is 8.44. The molecule has 2 saturated carbocycles. The van der Waals surface area contributed by atoms with E-state index in [-0.39, 0.29) is 49.1 Å². The molecule has 2 aliphatic carbocycles. The Morgan fingerprint density at radius 1 is 1.15 bits per heavy atom. The predicted molar refractivity (Wildman–Crippen MR) is 149 cm³/mol. The summed E-state index contributed by atoms with van der Waals surface area (Å²) in [6.45, 7) is -8.48. The number of nitrogens with two attached hydrogens (primary N) is 1. The van der Waals surface area contributed by atoms with Crippen molar-refractivity contribution >= 4 is 61.0 Å². The molecule has 4 heterocycles. The van der Waals surface area contributed by atoms with E-state index in [2.05, 4.69) is 60.1 Å². The third kappa shape index (κ3) is 6.18. The van der Waals surface area contributed by atoms with Crippen molar-refractivity contribution in [3.8, 4) is 0 Å². The van der Waals surface area contributed by atoms with Crippen molar-refractivity contribution in [2.45, 2.75) is 49.7 Å². The minimum Gasteiger partial charge on any atom is -0.369 e. The number of fused-ring (bicyclic) bond motifs is 4. The van der Waals surface area contributed by atoms with Crippen LogP contribution in [0.3, 0.4) is 0 Å². The summed E-state index contributed by atoms with van der Waals surface area (Å²) >= 11 is 8.29. The van der Waals surface area contributed by atoms with Crippen molar-refractivity contribution in [3.63, 3.8) is 0 Å². The summed E-state index contributed by atoms with van der Waals surface area (Å²) in [5, 5.41) is 11.0. The van der Waals surface area contributed by atoms with Crippen molar-refractivity contribution < 1.29 is 31.6 Å². The second-order valence-electron chi connectivity index (χ2n) is 10.1. The summed E-state index contributed by atoms with van der Waals surface area (Å²) in [6, 6.07) is 0.144. The molecule has 16 nitrogen and oxygen atoms in total. The SMILES string of the molecule is Nc1nc2c(nnn2[C@@H]2C[C@@H]3CO[P@@](=O)(S)O[C@@H]4[C@@H](CO[P@](=O)(S)O[C@@H]2C3)C[C@@H](Nc2ccncn2)[C@@H]4F)c(=O)[nH]1. The number of H-pyrrole nitrogens is 1. The fourth-order valence-corrected chi connectivity index (χ4v) is 8.68. The van der Waals surface area contributed by atoms with Gasteiger partial charge in [0.2, 0.25) is 5.95 Å². The number of nitrogens with zero attached hydrogens (tertiary/aromatic N) is 6. The van der Waals surface area contributed by atoms with E-state index in [1.165, 1.54) is 17.2 Å². The molecule has 3 fully saturated rings. The summed E-state index contributed by atoms with van der Waals surface area (Å²) in [4.78, 5) is 26.7. The van der Waals surface area contributed by atoms with E-state index in [4.69, 9.17) is 23.8 Å². The lowest BCUT2D eigenvalue weighted by atomic mass is 10.1. The molecule has 3 aromatic heterocycles. The van der Waals surface area contributed by atoms with Gasteiger partial charge in [0.25, 0.3) is 5.56 Å². The van der Waals surface area contributed by atoms with Gasteiger partial charge in [-0.05, 0) is 31.2 Å². The second-order valence-corrected chi connectivity index (χ2v) is 15.8. The summed E-state index contributed by atoms with van der Waals surface area (Å²) in [5.74, 6) is -0.791. The molecular weight excluding hydrogens is 623 g/mol. The highest BCUT2D eigenvalue weighted by atomic mass is 32.7. The van der Waals surface area contributed by atoms with Crippen molar-refractivity contribution in [2.75, 3.05) is 24.3 Å². The molecule has 3 aliphatic rings. The van der Waals surface area contributed by atoms with Crippen LogP contribution < -0.4 is 16.6 Å². The molecule has 222 valence electrons. The normalized spacial score (nSPS) is 38.1. The lowest BCUT2D eigenvalue weighted by Crippen LogP contribution is -2.33. The Morgan fingerprint density at radius 2 is 1.93 bits per heavy atom. The van der Waals surface area contributed by atoms with Gasteiger partial charge in [-0.15, -0.1) is 5.10 Å². The average molecular weight is 650 g/mol. The molecule has 0 unspecified atom stereocenters. The van der Waals surface area contributed by atoms with Crippen molar-refractivity contribution in [2.24, 2.45) is 11.8 Å². The van der Waals surface area contributed by atoms with Gasteiger partial charge in [-0.2, -0.15) is 4.98 Å². The number of hydrogen-bond acceptors (Lipinski definition) is 14. The Balaban J connectivity index is 1.27. The van der Waals surface area contributed by atoms with Crippen LogP contribution in [0.4, 0.5) is 16.2 Å². The van der Waals surface area contributed by atoms with E-state index in [0.29, 0.717) is 12.2 Å². The molecule has 4 N–H and O–H groups in total. The van der Waals surface area contributed by atoms with Crippen LogP contribution in [0.15, 0.2) is 23.4 Å². The van der Waals surface area contributed by atoms with E-state index < -0.39 is 55.5 Å². The minimum absolute atomic E-state index is 0.0381. The first-order chi connectivity index (χ1) is 19.5. The smallest absolute Gasteiger partial charge is 0.369 e. The number of halogens is 1. The number of anilines is 2. The first kappa shape index (κ1) is 29.0. The molecule has 21 heteroatoms. The Morgan fingerprint density at radius 3 is 2.71 bits per heavy atom. The van der Waals surface area contributed by atoms with Gasteiger partial charge in [0.15, 0.2) is 11.2 Å². The fourth-order valence-electron chi connectivity index (χ4n) is 5.53. The number of nitrogen functional groups attached to an aromatic ring is 1. The average Bonchev–Trinajstić information content (AvgIpc) is 3.58. The van der Waals surface area contributed by atoms with Crippen LogP contribution in [-0.2, 0) is 27.2 Å². The largest absolute Gasteiger partial charge is 0.386 e. The second kappa shape index (κ2) is 11.2. The molecule has 0 amide bonds. The predicted octanol–water partition coefficient (Wildman–Crippen LogP) is 2.57. The maximum absolute atomic E-state index is 15.6. The van der Waals surface area contributed by atoms with Gasteiger partial charge in [0.05, 0.1) is 31.4 Å². The minimum atomic E-state index is -4.06. The molecule has 6 rings (SSSR count). The van der Waals surface area contributed by atoms with Crippen LogP contribution in [0, 0.1) is 11.8 Å². The fraction of sp³-hybridized carbons (Fsp3) is 0.600. The van der Waals surface area contributed by atoms with Gasteiger partial charge in [0.1, 0.15) is 24.4 Å². The van der Waals surface area contributed by atoms with Gasteiger partial charge in [0, 0.05) is 12.1 Å². The number of hydrogen-bond donors (Lipinski definition) is 5. The first-order valence-corrected chi connectivity index (χ1v) is 18.0. The molecule has 3 aromatic rings. The number of thiol groups is 2. The topological polar surface area (TPSA) is 211 Å². The third-order valence-electron chi connectivity index (χ3n) is 7.32. The number of aromatic amines is 1. The number of alkyl halides is 1. The zero-order valence-corrected chi connectivity index (χ0v) is 24.7. The maximum Gasteiger partial charge on any atom is 0.386 e. The molecule has 9 atom stereocenters. The van der Waals surface area contributed by atoms with Gasteiger partial charge in [-0.1, -0.05) is 29.7 Å². The van der Waals surface area contributed by atoms with Gasteiger partial charge >= 0.3 is 13.6 Å². The van der Waals surface area contributed by atoms with E-state index in [9.17, 15) is 13.9 Å². The highest BCUT2D eigenvalue weighted by Gasteiger charge is 2.50. The molecule has 1 aliphatic heterocycles. The quantitative estimate of drug-likeness (QED) is 0.204. The van der Waals surface area contributed by atoms with Gasteiger partial charge in [-0.3, -0.25) is 18.8 Å². The summed E-state index contributed by atoms with van der Waals surface area (Å²) in [5.41, 5.74) is 5.22. The number of nitrogens with one attached hydrogen (secondary N) is 2. The number of rotatable bonds is 3. The van der Waals surface area contributed by atoms with E-state index in [0.717, 1.165) is 0 Å². The van der Waals surface area contributed by atoms with E-state index in [1.807, 2.05) is 0 Å². The van der Waals surface area contributed by atoms with Crippen LogP contribution >= 0.6 is 38.1 Å². The number of aromatic nitrogens is 7. The molecule has 0 aromatic carbocycles. The van der Waals surface area contributed by atoms with Crippen LogP contribution in [-0.4, -0.2) is 72.6 Å². The lowest BCUT2D eigenvalue weighted by Gasteiger charge is -2.26. The first-order valence-electron chi connectivity index (χ1n) is 12.6. The monoisotopic (exact) mass is 649 g/mol. The molecular formula is C20H26FN9O7P2S2. The highest BCUT2D eigenvalue weighted by Crippen LogP contribution is 2.61. The van der Waals surface area contributed by atoms with E-state index in [1.54, 1.807) is 6.07 Å². The van der Waals surface area contributed by atoms with E-state index >= 15 is 4.39 Å². The molecule has 2 bridgehead atoms. The van der Waals surface area contributed by atoms with Crippen LogP contribution in [0.25, 0.3) is 11.2 Å². The zero-order chi connectivity index (χ0) is 28.9. The van der Waals surface area contributed by atoms with Crippen molar-refractivity contribution in [1.82, 2.24) is 34.9 Å². The summed E-state index contributed by atoms with van der Waals surface area (Å²) in [7, 11) is 0. The molecule has 41 heavy (non-hydrogen) atoms. The van der Waals surface area contributed by atoms with Crippen molar-refractivity contribution in [3.05, 3.63) is 28.9 Å². The summed E-state index contributed by atoms with van der Waals surface area (Å²) < 4.78 is 66.4. The van der Waals surface area contributed by atoms with Crippen LogP contribution in [0.2, 0.25) is 0 Å². The Labute approximate surface area is 242 Å². The Kier molecular flexibility index (Phi) is 7.91. The molecule has 0 radical (unpaired) electrons. The Hall–Kier alpha value is -2.11. The van der Waals surface area contributed by atoms with Gasteiger partial charge < -0.3 is 20.1 Å². The van der Waals surface area contributed by atoms with Crippen molar-refractivity contribution in [1.29, 1.82) is 0 Å². The maximum atomic E-state index is 15.6. The van der Waals surface area contributed by atoms with Gasteiger partial charge in [-0.25, -0.2) is 28.2 Å². The van der Waals surface area contributed by atoms with Crippen LogP contribution in [0.5, 0.6) is 0 Å². The Bertz CT molecular complexity index is 1590. The zero-order valence-electron chi connectivity index (χ0n) is 21.1. The molecule has 0 spiro atoms. The molecule has 1 saturated heterocycles. The lowest BCUT2D eigenvalue weighted by molar-refractivity contribution is 0.0512. The third-order valence-corrected chi connectivity index (χ3v) is 10.6. The standard InChI is InChI=1S/C20H26FN9O7P2S2/c21-15-11(25-14-1-2-23-8-24-14)5-10-7-35-38(32,40)36-13-4-9(6-34-39(33,41)37-17(10)15)3-12(13)30-18-16(28-29-30)19(31)27-20(22)26-18/h1-2,8-13,15,17H,3-7H2,(H,32,40)(H,33,41)(H,23,24,25)(H3,22,26,27,31)/t9-,10+,11+,12+,13+,15-,17+,38-,39+/m0/s1.